The second-order valence-corrected chi connectivity index (χ2v) is 8.81. The standard InChI is InChI=1S/C26H26Cl2N4O/c1-2-7-24(26(33)30-15-13-20-8-5-6-14-29-20)32-23-10-4-3-9-22(23)31-25(32)16-18-11-12-19(27)17-21(18)28/h3-6,8-12,14,17,24H,2,7,13,15-16H2,1H3,(H,30,33). The van der Waals surface area contributed by atoms with Crippen LogP contribution >= 0.6 is 23.2 Å². The summed E-state index contributed by atoms with van der Waals surface area (Å²) in [5, 5.41) is 4.29. The van der Waals surface area contributed by atoms with E-state index in [1.807, 2.05) is 54.6 Å². The van der Waals surface area contributed by atoms with E-state index < -0.39 is 0 Å². The zero-order chi connectivity index (χ0) is 23.2. The average molecular weight is 481 g/mol. The van der Waals surface area contributed by atoms with Gasteiger partial charge in [-0.1, -0.05) is 60.8 Å². The lowest BCUT2D eigenvalue weighted by atomic mass is 10.1. The molecule has 170 valence electrons. The number of nitrogens with zero attached hydrogens (tertiary/aromatic N) is 3. The summed E-state index contributed by atoms with van der Waals surface area (Å²) in [6, 6.07) is 18.8. The van der Waals surface area contributed by atoms with Crippen molar-refractivity contribution in [1.29, 1.82) is 0 Å². The van der Waals surface area contributed by atoms with Crippen LogP contribution in [0.15, 0.2) is 66.9 Å². The Balaban J connectivity index is 1.63. The minimum absolute atomic E-state index is 0.0145. The van der Waals surface area contributed by atoms with Crippen LogP contribution in [0.25, 0.3) is 11.0 Å². The molecule has 0 aliphatic heterocycles. The maximum absolute atomic E-state index is 13.4. The quantitative estimate of drug-likeness (QED) is 0.318. The van der Waals surface area contributed by atoms with Crippen molar-refractivity contribution in [2.75, 3.05) is 6.54 Å². The molecule has 0 aliphatic carbocycles. The van der Waals surface area contributed by atoms with E-state index in [9.17, 15) is 4.79 Å². The predicted octanol–water partition coefficient (Wildman–Crippen LogP) is 6.03. The maximum Gasteiger partial charge on any atom is 0.243 e. The van der Waals surface area contributed by atoms with Crippen LogP contribution in [-0.2, 0) is 17.6 Å². The molecule has 4 rings (SSSR count). The molecule has 0 aliphatic rings. The SMILES string of the molecule is CCCC(C(=O)NCCc1ccccn1)n1c(Cc2ccc(Cl)cc2Cl)nc2ccccc21. The second kappa shape index (κ2) is 10.8. The molecule has 0 saturated heterocycles. The Morgan fingerprint density at radius 3 is 2.67 bits per heavy atom. The maximum atomic E-state index is 13.4. The van der Waals surface area contributed by atoms with Crippen molar-refractivity contribution in [3.63, 3.8) is 0 Å². The largest absolute Gasteiger partial charge is 0.354 e. The van der Waals surface area contributed by atoms with Crippen molar-refractivity contribution >= 4 is 40.1 Å². The van der Waals surface area contributed by atoms with E-state index in [-0.39, 0.29) is 11.9 Å². The molecule has 0 saturated carbocycles. The topological polar surface area (TPSA) is 59.8 Å². The number of hydrogen-bond donors (Lipinski definition) is 1. The molecule has 0 fully saturated rings. The Hall–Kier alpha value is -2.89. The summed E-state index contributed by atoms with van der Waals surface area (Å²) in [4.78, 5) is 22.6. The zero-order valence-corrected chi connectivity index (χ0v) is 20.0. The van der Waals surface area contributed by atoms with E-state index in [4.69, 9.17) is 28.2 Å². The van der Waals surface area contributed by atoms with Gasteiger partial charge in [0.15, 0.2) is 0 Å². The van der Waals surface area contributed by atoms with Gasteiger partial charge in [-0.2, -0.15) is 0 Å². The molecule has 2 aromatic carbocycles. The van der Waals surface area contributed by atoms with Crippen LogP contribution in [0.2, 0.25) is 10.0 Å². The predicted molar refractivity (Wildman–Crippen MR) is 134 cm³/mol. The van der Waals surface area contributed by atoms with E-state index in [1.165, 1.54) is 0 Å². The van der Waals surface area contributed by atoms with Crippen LogP contribution in [0, 0.1) is 0 Å². The van der Waals surface area contributed by atoms with Crippen molar-refractivity contribution in [2.45, 2.75) is 38.6 Å². The van der Waals surface area contributed by atoms with Crippen LogP contribution in [0.1, 0.15) is 42.9 Å². The Morgan fingerprint density at radius 1 is 1.09 bits per heavy atom. The fourth-order valence-corrected chi connectivity index (χ4v) is 4.51. The minimum atomic E-state index is -0.368. The first-order valence-corrected chi connectivity index (χ1v) is 11.9. The van der Waals surface area contributed by atoms with Crippen LogP contribution < -0.4 is 5.32 Å². The smallest absolute Gasteiger partial charge is 0.243 e. The highest BCUT2D eigenvalue weighted by atomic mass is 35.5. The molecule has 1 amide bonds. The number of imidazole rings is 1. The van der Waals surface area contributed by atoms with Gasteiger partial charge in [-0.15, -0.1) is 0 Å². The molecule has 2 heterocycles. The first kappa shape index (κ1) is 23.3. The Labute approximate surface area is 203 Å². The lowest BCUT2D eigenvalue weighted by Gasteiger charge is -2.21. The molecule has 0 bridgehead atoms. The van der Waals surface area contributed by atoms with E-state index >= 15 is 0 Å². The molecular formula is C26H26Cl2N4O. The van der Waals surface area contributed by atoms with Crippen molar-refractivity contribution in [1.82, 2.24) is 19.9 Å². The third-order valence-electron chi connectivity index (χ3n) is 5.62. The lowest BCUT2D eigenvalue weighted by molar-refractivity contribution is -0.124. The number of halogens is 2. The van der Waals surface area contributed by atoms with Gasteiger partial charge in [0.05, 0.1) is 11.0 Å². The van der Waals surface area contributed by atoms with Gasteiger partial charge < -0.3 is 9.88 Å². The molecule has 2 aromatic heterocycles. The number of pyridine rings is 1. The number of hydrogen-bond acceptors (Lipinski definition) is 3. The monoisotopic (exact) mass is 480 g/mol. The van der Waals surface area contributed by atoms with Gasteiger partial charge in [-0.3, -0.25) is 9.78 Å². The van der Waals surface area contributed by atoms with E-state index in [2.05, 4.69) is 21.8 Å². The summed E-state index contributed by atoms with van der Waals surface area (Å²) in [6.45, 7) is 2.62. The molecule has 33 heavy (non-hydrogen) atoms. The van der Waals surface area contributed by atoms with Crippen molar-refractivity contribution < 1.29 is 4.79 Å². The van der Waals surface area contributed by atoms with Crippen LogP contribution in [0.3, 0.4) is 0 Å². The highest BCUT2D eigenvalue weighted by Crippen LogP contribution is 2.29. The van der Waals surface area contributed by atoms with E-state index in [0.29, 0.717) is 35.9 Å². The molecule has 4 aromatic rings. The molecular weight excluding hydrogens is 455 g/mol. The number of para-hydroxylation sites is 2. The van der Waals surface area contributed by atoms with E-state index in [1.54, 1.807) is 12.3 Å². The van der Waals surface area contributed by atoms with Crippen molar-refractivity contribution in [2.24, 2.45) is 0 Å². The van der Waals surface area contributed by atoms with Crippen LogP contribution in [0.5, 0.6) is 0 Å². The van der Waals surface area contributed by atoms with Crippen molar-refractivity contribution in [3.05, 3.63) is 94.0 Å². The normalized spacial score (nSPS) is 12.1. The van der Waals surface area contributed by atoms with Gasteiger partial charge in [0.1, 0.15) is 11.9 Å². The fraction of sp³-hybridized carbons (Fsp3) is 0.269. The Morgan fingerprint density at radius 2 is 1.91 bits per heavy atom. The molecule has 1 unspecified atom stereocenters. The second-order valence-electron chi connectivity index (χ2n) is 7.97. The highest BCUT2D eigenvalue weighted by molar-refractivity contribution is 6.35. The average Bonchev–Trinajstić information content (AvgIpc) is 3.17. The molecule has 5 nitrogen and oxygen atoms in total. The molecule has 0 radical (unpaired) electrons. The summed E-state index contributed by atoms with van der Waals surface area (Å²) in [7, 11) is 0. The Bertz CT molecular complexity index is 1240. The summed E-state index contributed by atoms with van der Waals surface area (Å²) in [6.07, 6.45) is 4.53. The number of nitrogens with one attached hydrogen (secondary N) is 1. The van der Waals surface area contributed by atoms with Gasteiger partial charge in [-0.25, -0.2) is 4.98 Å². The Kier molecular flexibility index (Phi) is 7.63. The number of fused-ring (bicyclic) bond motifs is 1. The summed E-state index contributed by atoms with van der Waals surface area (Å²) < 4.78 is 2.07. The third-order valence-corrected chi connectivity index (χ3v) is 6.20. The first-order chi connectivity index (χ1) is 16.1. The van der Waals surface area contributed by atoms with Gasteiger partial charge in [0.2, 0.25) is 5.91 Å². The molecule has 1 atom stereocenters. The number of amides is 1. The highest BCUT2D eigenvalue weighted by Gasteiger charge is 2.25. The summed E-state index contributed by atoms with van der Waals surface area (Å²) in [5.74, 6) is 0.790. The van der Waals surface area contributed by atoms with Gasteiger partial charge in [0.25, 0.3) is 0 Å². The number of benzene rings is 2. The third kappa shape index (κ3) is 5.55. The molecule has 1 N–H and O–H groups in total. The summed E-state index contributed by atoms with van der Waals surface area (Å²) >= 11 is 12.5. The first-order valence-electron chi connectivity index (χ1n) is 11.1. The van der Waals surface area contributed by atoms with Gasteiger partial charge in [-0.05, 0) is 48.4 Å². The fourth-order valence-electron chi connectivity index (χ4n) is 4.03. The van der Waals surface area contributed by atoms with Gasteiger partial charge in [0, 0.05) is 41.3 Å². The molecule has 7 heteroatoms. The number of carbonyl (C=O) groups excluding carboxylic acids is 1. The van der Waals surface area contributed by atoms with Gasteiger partial charge >= 0.3 is 0 Å². The molecule has 0 spiro atoms. The van der Waals surface area contributed by atoms with Crippen LogP contribution in [0.4, 0.5) is 0 Å². The van der Waals surface area contributed by atoms with Crippen molar-refractivity contribution in [3.8, 4) is 0 Å². The number of carbonyl (C=O) groups is 1. The number of rotatable bonds is 9. The van der Waals surface area contributed by atoms with Crippen LogP contribution in [-0.4, -0.2) is 27.0 Å². The number of aromatic nitrogens is 3. The zero-order valence-electron chi connectivity index (χ0n) is 18.5. The van der Waals surface area contributed by atoms with E-state index in [0.717, 1.165) is 34.5 Å². The minimum Gasteiger partial charge on any atom is -0.354 e. The lowest BCUT2D eigenvalue weighted by Crippen LogP contribution is -2.34. The summed E-state index contributed by atoms with van der Waals surface area (Å²) in [5.41, 5.74) is 3.68.